The Balaban J connectivity index is 2.09. The summed E-state index contributed by atoms with van der Waals surface area (Å²) in [6, 6.07) is 7.14. The van der Waals surface area contributed by atoms with Crippen molar-refractivity contribution >= 4 is 23.3 Å². The average molecular weight is 274 g/mol. The maximum absolute atomic E-state index is 5.56. The van der Waals surface area contributed by atoms with Crippen molar-refractivity contribution in [2.24, 2.45) is 11.8 Å². The van der Waals surface area contributed by atoms with Crippen molar-refractivity contribution in [2.45, 2.75) is 46.1 Å². The lowest BCUT2D eigenvalue weighted by molar-refractivity contribution is 0.223. The number of H-pyrrole nitrogens is 1. The van der Waals surface area contributed by atoms with E-state index in [4.69, 9.17) is 12.2 Å². The Bertz CT molecular complexity index is 642. The molecular formula is C16H22N2S. The van der Waals surface area contributed by atoms with Gasteiger partial charge in [0.1, 0.15) is 0 Å². The summed E-state index contributed by atoms with van der Waals surface area (Å²) in [6.07, 6.45) is 3.85. The Labute approximate surface area is 119 Å². The van der Waals surface area contributed by atoms with Gasteiger partial charge in [0.15, 0.2) is 4.77 Å². The van der Waals surface area contributed by atoms with Gasteiger partial charge in [0.05, 0.1) is 11.0 Å². The number of benzene rings is 1. The first-order valence-electron chi connectivity index (χ1n) is 7.25. The highest BCUT2D eigenvalue weighted by atomic mass is 32.1. The fourth-order valence-electron chi connectivity index (χ4n) is 3.72. The first-order chi connectivity index (χ1) is 9.04. The predicted molar refractivity (Wildman–Crippen MR) is 83.1 cm³/mol. The third kappa shape index (κ3) is 2.36. The van der Waals surface area contributed by atoms with E-state index in [9.17, 15) is 0 Å². The molecule has 1 aliphatic carbocycles. The van der Waals surface area contributed by atoms with Crippen molar-refractivity contribution in [1.82, 2.24) is 9.55 Å². The average Bonchev–Trinajstić information content (AvgIpc) is 2.62. The predicted octanol–water partition coefficient (Wildman–Crippen LogP) is 5.00. The minimum Gasteiger partial charge on any atom is -0.331 e. The monoisotopic (exact) mass is 274 g/mol. The topological polar surface area (TPSA) is 20.7 Å². The molecule has 2 nitrogen and oxygen atoms in total. The van der Waals surface area contributed by atoms with Crippen molar-refractivity contribution < 1.29 is 0 Å². The summed E-state index contributed by atoms with van der Waals surface area (Å²) >= 11 is 5.56. The molecule has 1 saturated carbocycles. The van der Waals surface area contributed by atoms with E-state index in [0.29, 0.717) is 6.04 Å². The van der Waals surface area contributed by atoms with Gasteiger partial charge in [-0.25, -0.2) is 0 Å². The van der Waals surface area contributed by atoms with Gasteiger partial charge in [0.25, 0.3) is 0 Å². The van der Waals surface area contributed by atoms with Gasteiger partial charge in [0, 0.05) is 6.04 Å². The van der Waals surface area contributed by atoms with Crippen LogP contribution in [-0.4, -0.2) is 9.55 Å². The molecule has 0 saturated heterocycles. The van der Waals surface area contributed by atoms with Gasteiger partial charge in [-0.3, -0.25) is 0 Å². The van der Waals surface area contributed by atoms with Crippen molar-refractivity contribution in [3.63, 3.8) is 0 Å². The Morgan fingerprint density at radius 1 is 1.16 bits per heavy atom. The van der Waals surface area contributed by atoms with E-state index in [2.05, 4.69) is 48.5 Å². The first-order valence-corrected chi connectivity index (χ1v) is 7.66. The number of imidazole rings is 1. The van der Waals surface area contributed by atoms with Crippen LogP contribution in [0.1, 0.15) is 44.7 Å². The molecule has 3 heteroatoms. The highest BCUT2D eigenvalue weighted by molar-refractivity contribution is 7.71. The first kappa shape index (κ1) is 12.9. The molecule has 0 spiro atoms. The Kier molecular flexibility index (Phi) is 3.25. The van der Waals surface area contributed by atoms with Gasteiger partial charge in [-0.15, -0.1) is 0 Å². The molecule has 2 atom stereocenters. The molecule has 1 aromatic heterocycles. The molecule has 1 aliphatic rings. The van der Waals surface area contributed by atoms with Crippen molar-refractivity contribution in [2.75, 3.05) is 0 Å². The van der Waals surface area contributed by atoms with E-state index >= 15 is 0 Å². The molecule has 0 aliphatic heterocycles. The number of fused-ring (bicyclic) bond motifs is 1. The zero-order chi connectivity index (χ0) is 13.6. The summed E-state index contributed by atoms with van der Waals surface area (Å²) < 4.78 is 3.24. The second-order valence-electron chi connectivity index (χ2n) is 6.39. The molecule has 19 heavy (non-hydrogen) atoms. The van der Waals surface area contributed by atoms with Crippen LogP contribution in [0.15, 0.2) is 18.2 Å². The molecular weight excluding hydrogens is 252 g/mol. The van der Waals surface area contributed by atoms with E-state index in [0.717, 1.165) is 16.6 Å². The SMILES string of the molecule is Cc1ccc2c(c1)[nH]c(=S)n2C1CC(C)CC(C)C1. The van der Waals surface area contributed by atoms with Gasteiger partial charge in [-0.1, -0.05) is 19.9 Å². The van der Waals surface area contributed by atoms with Crippen LogP contribution < -0.4 is 0 Å². The molecule has 3 rings (SSSR count). The molecule has 1 N–H and O–H groups in total. The standard InChI is InChI=1S/C16H22N2S/c1-10-4-5-15-14(9-10)17-16(19)18(15)13-7-11(2)6-12(3)8-13/h4-5,9,11-13H,6-8H2,1-3H3,(H,17,19). The van der Waals surface area contributed by atoms with E-state index in [1.165, 1.54) is 35.9 Å². The van der Waals surface area contributed by atoms with E-state index in [1.54, 1.807) is 0 Å². The number of aryl methyl sites for hydroxylation is 1. The maximum atomic E-state index is 5.56. The second kappa shape index (κ2) is 4.78. The lowest BCUT2D eigenvalue weighted by atomic mass is 9.80. The van der Waals surface area contributed by atoms with Crippen LogP contribution in [0.4, 0.5) is 0 Å². The van der Waals surface area contributed by atoms with Crippen LogP contribution in [0.2, 0.25) is 0 Å². The van der Waals surface area contributed by atoms with E-state index < -0.39 is 0 Å². The number of rotatable bonds is 1. The zero-order valence-electron chi connectivity index (χ0n) is 11.9. The maximum Gasteiger partial charge on any atom is 0.178 e. The van der Waals surface area contributed by atoms with Gasteiger partial charge in [-0.2, -0.15) is 0 Å². The molecule has 1 fully saturated rings. The number of nitrogens with zero attached hydrogens (tertiary/aromatic N) is 1. The van der Waals surface area contributed by atoms with Gasteiger partial charge in [0.2, 0.25) is 0 Å². The molecule has 102 valence electrons. The van der Waals surface area contributed by atoms with Crippen LogP contribution in [-0.2, 0) is 0 Å². The molecule has 1 aromatic carbocycles. The number of nitrogens with one attached hydrogen (secondary N) is 1. The minimum atomic E-state index is 0.558. The highest BCUT2D eigenvalue weighted by Crippen LogP contribution is 2.37. The van der Waals surface area contributed by atoms with Crippen LogP contribution in [0, 0.1) is 23.5 Å². The molecule has 0 radical (unpaired) electrons. The number of aromatic nitrogens is 2. The van der Waals surface area contributed by atoms with Crippen LogP contribution in [0.5, 0.6) is 0 Å². The van der Waals surface area contributed by atoms with Crippen LogP contribution in [0.25, 0.3) is 11.0 Å². The van der Waals surface area contributed by atoms with E-state index in [1.807, 2.05) is 0 Å². The Hall–Kier alpha value is -1.09. The second-order valence-corrected chi connectivity index (χ2v) is 6.78. The minimum absolute atomic E-state index is 0.558. The highest BCUT2D eigenvalue weighted by Gasteiger charge is 2.26. The summed E-state index contributed by atoms with van der Waals surface area (Å²) in [5.74, 6) is 1.59. The van der Waals surface area contributed by atoms with Crippen molar-refractivity contribution in [1.29, 1.82) is 0 Å². The van der Waals surface area contributed by atoms with Crippen LogP contribution >= 0.6 is 12.2 Å². The molecule has 0 bridgehead atoms. The zero-order valence-corrected chi connectivity index (χ0v) is 12.8. The van der Waals surface area contributed by atoms with Crippen molar-refractivity contribution in [3.8, 4) is 0 Å². The van der Waals surface area contributed by atoms with Gasteiger partial charge < -0.3 is 9.55 Å². The fourth-order valence-corrected chi connectivity index (χ4v) is 4.08. The molecule has 0 amide bonds. The fraction of sp³-hybridized carbons (Fsp3) is 0.562. The summed E-state index contributed by atoms with van der Waals surface area (Å²) in [5.41, 5.74) is 3.72. The third-order valence-electron chi connectivity index (χ3n) is 4.39. The number of hydrogen-bond donors (Lipinski definition) is 1. The quantitative estimate of drug-likeness (QED) is 0.725. The largest absolute Gasteiger partial charge is 0.331 e. The summed E-state index contributed by atoms with van der Waals surface area (Å²) in [7, 11) is 0. The number of aromatic amines is 1. The van der Waals surface area contributed by atoms with Crippen molar-refractivity contribution in [3.05, 3.63) is 28.5 Å². The number of hydrogen-bond acceptors (Lipinski definition) is 1. The Morgan fingerprint density at radius 3 is 2.53 bits per heavy atom. The van der Waals surface area contributed by atoms with E-state index in [-0.39, 0.29) is 0 Å². The smallest absolute Gasteiger partial charge is 0.178 e. The lowest BCUT2D eigenvalue weighted by Crippen LogP contribution is -2.22. The molecule has 2 aromatic rings. The Morgan fingerprint density at radius 2 is 1.84 bits per heavy atom. The molecule has 2 unspecified atom stereocenters. The van der Waals surface area contributed by atoms with Gasteiger partial charge >= 0.3 is 0 Å². The van der Waals surface area contributed by atoms with Gasteiger partial charge in [-0.05, 0) is 67.9 Å². The third-order valence-corrected chi connectivity index (χ3v) is 4.69. The summed E-state index contributed by atoms with van der Waals surface area (Å²) in [5, 5.41) is 0. The normalized spacial score (nSPS) is 27.8. The lowest BCUT2D eigenvalue weighted by Gasteiger charge is -2.32. The van der Waals surface area contributed by atoms with Crippen LogP contribution in [0.3, 0.4) is 0 Å². The summed E-state index contributed by atoms with van der Waals surface area (Å²) in [6.45, 7) is 6.86. The molecule has 1 heterocycles. The summed E-state index contributed by atoms with van der Waals surface area (Å²) in [4.78, 5) is 3.37.